The molecule has 15 heavy (non-hydrogen) atoms. The molecule has 0 bridgehead atoms. The van der Waals surface area contributed by atoms with Crippen LogP contribution < -0.4 is 0 Å². The fourth-order valence-electron chi connectivity index (χ4n) is 1.30. The van der Waals surface area contributed by atoms with Crippen LogP contribution in [0.25, 0.3) is 0 Å². The highest BCUT2D eigenvalue weighted by atomic mass is 79.9. The standard InChI is InChI=1S/C12H9BrOS/c1-8-2-7-11(15-8)12(14)9-3-5-10(13)6-4-9/h2-7H,1H3. The number of aryl methyl sites for hydroxylation is 1. The van der Waals surface area contributed by atoms with Crippen molar-refractivity contribution in [1.29, 1.82) is 0 Å². The number of thiophene rings is 1. The van der Waals surface area contributed by atoms with Gasteiger partial charge < -0.3 is 0 Å². The minimum Gasteiger partial charge on any atom is -0.288 e. The lowest BCUT2D eigenvalue weighted by molar-refractivity contribution is 0.104. The number of benzene rings is 1. The van der Waals surface area contributed by atoms with E-state index in [1.807, 2.05) is 43.3 Å². The lowest BCUT2D eigenvalue weighted by Crippen LogP contribution is -1.97. The molecule has 0 fully saturated rings. The quantitative estimate of drug-likeness (QED) is 0.759. The molecular weight excluding hydrogens is 272 g/mol. The van der Waals surface area contributed by atoms with Crippen molar-refractivity contribution in [2.75, 3.05) is 0 Å². The molecule has 0 radical (unpaired) electrons. The highest BCUT2D eigenvalue weighted by molar-refractivity contribution is 9.10. The Morgan fingerprint density at radius 3 is 2.33 bits per heavy atom. The average molecular weight is 281 g/mol. The summed E-state index contributed by atoms with van der Waals surface area (Å²) in [5.74, 6) is 0.0978. The molecule has 0 N–H and O–H groups in total. The first-order valence-corrected chi connectivity index (χ1v) is 6.14. The van der Waals surface area contributed by atoms with Crippen LogP contribution in [0.3, 0.4) is 0 Å². The summed E-state index contributed by atoms with van der Waals surface area (Å²) in [6.07, 6.45) is 0. The van der Waals surface area contributed by atoms with Gasteiger partial charge >= 0.3 is 0 Å². The topological polar surface area (TPSA) is 17.1 Å². The second kappa shape index (κ2) is 4.29. The lowest BCUT2D eigenvalue weighted by atomic mass is 10.1. The SMILES string of the molecule is Cc1ccc(C(=O)c2ccc(Br)cc2)s1. The van der Waals surface area contributed by atoms with Crippen molar-refractivity contribution < 1.29 is 4.79 Å². The zero-order valence-electron chi connectivity index (χ0n) is 8.16. The average Bonchev–Trinajstić information content (AvgIpc) is 2.65. The summed E-state index contributed by atoms with van der Waals surface area (Å²) < 4.78 is 0.987. The highest BCUT2D eigenvalue weighted by Gasteiger charge is 2.10. The van der Waals surface area contributed by atoms with Gasteiger partial charge in [0.05, 0.1) is 4.88 Å². The van der Waals surface area contributed by atoms with E-state index in [4.69, 9.17) is 0 Å². The van der Waals surface area contributed by atoms with Gasteiger partial charge in [0.1, 0.15) is 0 Å². The van der Waals surface area contributed by atoms with Gasteiger partial charge in [-0.2, -0.15) is 0 Å². The van der Waals surface area contributed by atoms with Gasteiger partial charge in [-0.1, -0.05) is 15.9 Å². The Hall–Kier alpha value is -0.930. The molecule has 76 valence electrons. The number of carbonyl (C=O) groups is 1. The monoisotopic (exact) mass is 280 g/mol. The molecule has 1 nitrogen and oxygen atoms in total. The molecule has 0 aliphatic carbocycles. The van der Waals surface area contributed by atoms with Gasteiger partial charge in [0.2, 0.25) is 5.78 Å². The van der Waals surface area contributed by atoms with Crippen LogP contribution >= 0.6 is 27.3 Å². The Kier molecular flexibility index (Phi) is 3.03. The first kappa shape index (κ1) is 10.6. The predicted octanol–water partition coefficient (Wildman–Crippen LogP) is 4.05. The smallest absolute Gasteiger partial charge is 0.202 e. The molecular formula is C12H9BrOS. The molecule has 0 atom stereocenters. The predicted molar refractivity (Wildman–Crippen MR) is 66.6 cm³/mol. The maximum Gasteiger partial charge on any atom is 0.202 e. The third-order valence-electron chi connectivity index (χ3n) is 2.07. The van der Waals surface area contributed by atoms with E-state index in [0.717, 1.165) is 19.8 Å². The minimum absolute atomic E-state index is 0.0978. The van der Waals surface area contributed by atoms with E-state index < -0.39 is 0 Å². The molecule has 2 rings (SSSR count). The van der Waals surface area contributed by atoms with Crippen molar-refractivity contribution in [2.24, 2.45) is 0 Å². The third-order valence-corrected chi connectivity index (χ3v) is 3.60. The van der Waals surface area contributed by atoms with Crippen molar-refractivity contribution in [3.63, 3.8) is 0 Å². The zero-order valence-corrected chi connectivity index (χ0v) is 10.6. The van der Waals surface area contributed by atoms with E-state index in [9.17, 15) is 4.79 Å². The molecule has 0 saturated carbocycles. The molecule has 0 unspecified atom stereocenters. The maximum absolute atomic E-state index is 12.0. The van der Waals surface area contributed by atoms with Gasteiger partial charge in [0.25, 0.3) is 0 Å². The van der Waals surface area contributed by atoms with Gasteiger partial charge in [0.15, 0.2) is 0 Å². The van der Waals surface area contributed by atoms with E-state index in [1.165, 1.54) is 11.3 Å². The van der Waals surface area contributed by atoms with E-state index in [0.29, 0.717) is 0 Å². The molecule has 3 heteroatoms. The third kappa shape index (κ3) is 2.36. The first-order valence-electron chi connectivity index (χ1n) is 4.53. The number of rotatable bonds is 2. The molecule has 1 aromatic carbocycles. The van der Waals surface area contributed by atoms with Crippen LogP contribution in [0.2, 0.25) is 0 Å². The molecule has 1 heterocycles. The van der Waals surface area contributed by atoms with Gasteiger partial charge in [-0.15, -0.1) is 11.3 Å². The molecule has 2 aromatic rings. The summed E-state index contributed by atoms with van der Waals surface area (Å²) in [4.78, 5) is 13.9. The van der Waals surface area contributed by atoms with Crippen molar-refractivity contribution >= 4 is 33.0 Å². The van der Waals surface area contributed by atoms with Crippen molar-refractivity contribution in [3.8, 4) is 0 Å². The van der Waals surface area contributed by atoms with Crippen molar-refractivity contribution in [2.45, 2.75) is 6.92 Å². The van der Waals surface area contributed by atoms with E-state index >= 15 is 0 Å². The number of halogens is 1. The summed E-state index contributed by atoms with van der Waals surface area (Å²) in [5, 5.41) is 0. The highest BCUT2D eigenvalue weighted by Crippen LogP contribution is 2.20. The van der Waals surface area contributed by atoms with Crippen LogP contribution in [0.1, 0.15) is 20.1 Å². The van der Waals surface area contributed by atoms with Gasteiger partial charge in [-0.05, 0) is 43.3 Å². The van der Waals surface area contributed by atoms with Crippen molar-refractivity contribution in [3.05, 3.63) is 56.2 Å². The second-order valence-corrected chi connectivity index (χ2v) is 5.45. The Morgan fingerprint density at radius 2 is 1.80 bits per heavy atom. The number of carbonyl (C=O) groups excluding carboxylic acids is 1. The first-order chi connectivity index (χ1) is 7.16. The Labute approximate surface area is 101 Å². The fraction of sp³-hybridized carbons (Fsp3) is 0.0833. The minimum atomic E-state index is 0.0978. The maximum atomic E-state index is 12.0. The van der Waals surface area contributed by atoms with Gasteiger partial charge in [-0.25, -0.2) is 0 Å². The molecule has 1 aromatic heterocycles. The normalized spacial score (nSPS) is 10.3. The molecule has 0 spiro atoms. The fourth-order valence-corrected chi connectivity index (χ4v) is 2.39. The largest absolute Gasteiger partial charge is 0.288 e. The van der Waals surface area contributed by atoms with Crippen LogP contribution in [0.5, 0.6) is 0 Å². The van der Waals surface area contributed by atoms with E-state index in [2.05, 4.69) is 15.9 Å². The summed E-state index contributed by atoms with van der Waals surface area (Å²) >= 11 is 4.88. The lowest BCUT2D eigenvalue weighted by Gasteiger charge is -1.97. The Bertz CT molecular complexity index is 485. The Morgan fingerprint density at radius 1 is 1.13 bits per heavy atom. The molecule has 0 saturated heterocycles. The van der Waals surface area contributed by atoms with Gasteiger partial charge in [-0.3, -0.25) is 4.79 Å². The number of hydrogen-bond donors (Lipinski definition) is 0. The van der Waals surface area contributed by atoms with Crippen LogP contribution in [-0.4, -0.2) is 5.78 Å². The molecule has 0 amide bonds. The number of hydrogen-bond acceptors (Lipinski definition) is 2. The zero-order chi connectivity index (χ0) is 10.8. The number of ketones is 1. The van der Waals surface area contributed by atoms with Gasteiger partial charge in [0, 0.05) is 14.9 Å². The van der Waals surface area contributed by atoms with E-state index in [1.54, 1.807) is 0 Å². The van der Waals surface area contributed by atoms with Crippen molar-refractivity contribution in [1.82, 2.24) is 0 Å². The van der Waals surface area contributed by atoms with Crippen LogP contribution in [-0.2, 0) is 0 Å². The van der Waals surface area contributed by atoms with Crippen LogP contribution in [0.15, 0.2) is 40.9 Å². The summed E-state index contributed by atoms with van der Waals surface area (Å²) in [5.41, 5.74) is 0.736. The summed E-state index contributed by atoms with van der Waals surface area (Å²) in [6.45, 7) is 2.00. The Balaban J connectivity index is 2.32. The van der Waals surface area contributed by atoms with Crippen LogP contribution in [0, 0.1) is 6.92 Å². The summed E-state index contributed by atoms with van der Waals surface area (Å²) in [7, 11) is 0. The summed E-state index contributed by atoms with van der Waals surface area (Å²) in [6, 6.07) is 11.3. The van der Waals surface area contributed by atoms with E-state index in [-0.39, 0.29) is 5.78 Å². The second-order valence-electron chi connectivity index (χ2n) is 3.25. The molecule has 0 aliphatic heterocycles. The molecule has 0 aliphatic rings. The van der Waals surface area contributed by atoms with Crippen LogP contribution in [0.4, 0.5) is 0 Å².